The molecule has 2 rings (SSSR count). The molecule has 1 unspecified atom stereocenters. The Balaban J connectivity index is 2.09. The molecule has 0 fully saturated rings. The minimum atomic E-state index is -0.0902. The van der Waals surface area contributed by atoms with Crippen molar-refractivity contribution < 1.29 is 4.79 Å². The van der Waals surface area contributed by atoms with Crippen molar-refractivity contribution in [3.63, 3.8) is 0 Å². The molecule has 1 aromatic heterocycles. The number of H-pyrrole nitrogens is 1. The zero-order chi connectivity index (χ0) is 13.8. The summed E-state index contributed by atoms with van der Waals surface area (Å²) in [6.07, 6.45) is 2.62. The van der Waals surface area contributed by atoms with Gasteiger partial charge in [-0.25, -0.2) is 0 Å². The summed E-state index contributed by atoms with van der Waals surface area (Å²) in [6, 6.07) is 5.51. The van der Waals surface area contributed by atoms with E-state index < -0.39 is 0 Å². The summed E-state index contributed by atoms with van der Waals surface area (Å²) < 4.78 is 0. The molecule has 0 saturated heterocycles. The van der Waals surface area contributed by atoms with Crippen molar-refractivity contribution in [3.8, 4) is 0 Å². The Morgan fingerprint density at radius 1 is 1.47 bits per heavy atom. The molecule has 19 heavy (non-hydrogen) atoms. The van der Waals surface area contributed by atoms with E-state index in [9.17, 15) is 4.79 Å². The molecular weight excluding hydrogens is 240 g/mol. The van der Waals surface area contributed by atoms with Crippen molar-refractivity contribution in [1.29, 1.82) is 0 Å². The van der Waals surface area contributed by atoms with Gasteiger partial charge in [-0.3, -0.25) is 9.89 Å². The Hall–Kier alpha value is -1.88. The Labute approximate surface area is 112 Å². The number of nitrogens with one attached hydrogen (secondary N) is 2. The predicted molar refractivity (Wildman–Crippen MR) is 75.9 cm³/mol. The average molecular weight is 260 g/mol. The van der Waals surface area contributed by atoms with E-state index in [1.807, 2.05) is 6.07 Å². The first-order chi connectivity index (χ1) is 9.10. The molecule has 0 spiro atoms. The van der Waals surface area contributed by atoms with Gasteiger partial charge in [-0.2, -0.15) is 5.10 Å². The number of carbonyl (C=O) groups is 1. The second kappa shape index (κ2) is 5.84. The Kier molecular flexibility index (Phi) is 4.16. The summed E-state index contributed by atoms with van der Waals surface area (Å²) >= 11 is 0. The monoisotopic (exact) mass is 260 g/mol. The lowest BCUT2D eigenvalue weighted by Gasteiger charge is -2.18. The van der Waals surface area contributed by atoms with E-state index in [0.717, 1.165) is 17.3 Å². The van der Waals surface area contributed by atoms with E-state index in [-0.39, 0.29) is 11.9 Å². The number of aromatic nitrogens is 2. The van der Waals surface area contributed by atoms with Crippen molar-refractivity contribution in [2.24, 2.45) is 11.7 Å². The lowest BCUT2D eigenvalue weighted by molar-refractivity contribution is 0.0934. The predicted octanol–water partition coefficient (Wildman–Crippen LogP) is 1.67. The number of hydrogen-bond acceptors (Lipinski definition) is 3. The van der Waals surface area contributed by atoms with E-state index in [0.29, 0.717) is 18.0 Å². The first-order valence-corrected chi connectivity index (χ1v) is 6.54. The number of nitrogens with zero attached hydrogens (tertiary/aromatic N) is 1. The molecule has 1 amide bonds. The van der Waals surface area contributed by atoms with Crippen LogP contribution in [0.15, 0.2) is 24.4 Å². The van der Waals surface area contributed by atoms with Crippen LogP contribution in [0.25, 0.3) is 10.9 Å². The molecule has 4 N–H and O–H groups in total. The van der Waals surface area contributed by atoms with Crippen LogP contribution in [-0.2, 0) is 0 Å². The maximum atomic E-state index is 12.2. The van der Waals surface area contributed by atoms with E-state index in [2.05, 4.69) is 29.4 Å². The van der Waals surface area contributed by atoms with Gasteiger partial charge in [0.2, 0.25) is 0 Å². The van der Waals surface area contributed by atoms with Crippen molar-refractivity contribution >= 4 is 16.8 Å². The van der Waals surface area contributed by atoms with Crippen LogP contribution in [0.4, 0.5) is 0 Å². The lowest BCUT2D eigenvalue weighted by Crippen LogP contribution is -2.41. The van der Waals surface area contributed by atoms with Crippen LogP contribution in [-0.4, -0.2) is 28.7 Å². The minimum Gasteiger partial charge on any atom is -0.348 e. The van der Waals surface area contributed by atoms with Crippen molar-refractivity contribution in [3.05, 3.63) is 30.0 Å². The summed E-state index contributed by atoms with van der Waals surface area (Å²) in [4.78, 5) is 12.2. The summed E-state index contributed by atoms with van der Waals surface area (Å²) in [5, 5.41) is 10.8. The van der Waals surface area contributed by atoms with Gasteiger partial charge in [-0.1, -0.05) is 19.9 Å². The van der Waals surface area contributed by atoms with Gasteiger partial charge >= 0.3 is 0 Å². The molecule has 0 radical (unpaired) electrons. The fourth-order valence-corrected chi connectivity index (χ4v) is 2.13. The number of hydrogen-bond donors (Lipinski definition) is 3. The third-order valence-electron chi connectivity index (χ3n) is 3.08. The fraction of sp³-hybridized carbons (Fsp3) is 0.429. The topological polar surface area (TPSA) is 83.8 Å². The zero-order valence-corrected chi connectivity index (χ0v) is 11.3. The van der Waals surface area contributed by atoms with Crippen LogP contribution >= 0.6 is 0 Å². The minimum absolute atomic E-state index is 0.0185. The second-order valence-corrected chi connectivity index (χ2v) is 5.21. The quantitative estimate of drug-likeness (QED) is 0.764. The van der Waals surface area contributed by atoms with Gasteiger partial charge in [0.25, 0.3) is 5.91 Å². The smallest absolute Gasteiger partial charge is 0.251 e. The normalized spacial score (nSPS) is 12.8. The van der Waals surface area contributed by atoms with Gasteiger partial charge in [0.05, 0.1) is 11.7 Å². The van der Waals surface area contributed by atoms with Crippen molar-refractivity contribution in [1.82, 2.24) is 15.5 Å². The summed E-state index contributed by atoms with van der Waals surface area (Å²) in [5.74, 6) is 0.413. The van der Waals surface area contributed by atoms with E-state index in [4.69, 9.17) is 5.73 Å². The van der Waals surface area contributed by atoms with Gasteiger partial charge in [-0.05, 0) is 24.5 Å². The van der Waals surface area contributed by atoms with Gasteiger partial charge in [-0.15, -0.1) is 0 Å². The SMILES string of the molecule is CC(C)CC(CN)NC(=O)c1ccc2cn[nH]c2c1. The number of nitrogens with two attached hydrogens (primary N) is 1. The summed E-state index contributed by atoms with van der Waals surface area (Å²) in [6.45, 7) is 4.69. The number of aromatic amines is 1. The Morgan fingerprint density at radius 3 is 2.95 bits per heavy atom. The highest BCUT2D eigenvalue weighted by Gasteiger charge is 2.14. The molecular formula is C14H20N4O. The molecule has 5 heteroatoms. The second-order valence-electron chi connectivity index (χ2n) is 5.21. The molecule has 0 aliphatic heterocycles. The van der Waals surface area contributed by atoms with E-state index >= 15 is 0 Å². The summed E-state index contributed by atoms with van der Waals surface area (Å²) in [7, 11) is 0. The number of fused-ring (bicyclic) bond motifs is 1. The first-order valence-electron chi connectivity index (χ1n) is 6.54. The first kappa shape index (κ1) is 13.5. The van der Waals surface area contributed by atoms with Crippen molar-refractivity contribution in [2.75, 3.05) is 6.54 Å². The molecule has 1 aromatic carbocycles. The van der Waals surface area contributed by atoms with Crippen LogP contribution in [0.1, 0.15) is 30.6 Å². The lowest BCUT2D eigenvalue weighted by atomic mass is 10.0. The highest BCUT2D eigenvalue weighted by molar-refractivity contribution is 5.97. The van der Waals surface area contributed by atoms with E-state index in [1.165, 1.54) is 0 Å². The van der Waals surface area contributed by atoms with Crippen LogP contribution < -0.4 is 11.1 Å². The van der Waals surface area contributed by atoms with Gasteiger partial charge in [0.15, 0.2) is 0 Å². The molecule has 1 heterocycles. The highest BCUT2D eigenvalue weighted by Crippen LogP contribution is 2.13. The van der Waals surface area contributed by atoms with Crippen LogP contribution in [0.2, 0.25) is 0 Å². The van der Waals surface area contributed by atoms with Crippen LogP contribution in [0.3, 0.4) is 0 Å². The van der Waals surface area contributed by atoms with Gasteiger partial charge in [0.1, 0.15) is 0 Å². The fourth-order valence-electron chi connectivity index (χ4n) is 2.13. The third kappa shape index (κ3) is 3.32. The van der Waals surface area contributed by atoms with E-state index in [1.54, 1.807) is 18.3 Å². The van der Waals surface area contributed by atoms with Crippen molar-refractivity contribution in [2.45, 2.75) is 26.3 Å². The average Bonchev–Trinajstić information content (AvgIpc) is 2.84. The third-order valence-corrected chi connectivity index (χ3v) is 3.08. The molecule has 0 saturated carbocycles. The molecule has 2 aromatic rings. The largest absolute Gasteiger partial charge is 0.348 e. The molecule has 5 nitrogen and oxygen atoms in total. The molecule has 0 aliphatic carbocycles. The number of amides is 1. The maximum absolute atomic E-state index is 12.2. The molecule has 0 bridgehead atoms. The Morgan fingerprint density at radius 2 is 2.26 bits per heavy atom. The standard InChI is InChI=1S/C14H20N4O/c1-9(2)5-12(7-15)17-14(19)10-3-4-11-8-16-18-13(11)6-10/h3-4,6,8-9,12H,5,7,15H2,1-2H3,(H,16,18)(H,17,19). The molecule has 102 valence electrons. The molecule has 0 aliphatic rings. The zero-order valence-electron chi connectivity index (χ0n) is 11.3. The summed E-state index contributed by atoms with van der Waals surface area (Å²) in [5.41, 5.74) is 7.18. The Bertz CT molecular complexity index is 561. The number of carbonyl (C=O) groups excluding carboxylic acids is 1. The number of rotatable bonds is 5. The van der Waals surface area contributed by atoms with Gasteiger partial charge in [0, 0.05) is 23.5 Å². The molecule has 1 atom stereocenters. The number of benzene rings is 1. The maximum Gasteiger partial charge on any atom is 0.251 e. The van der Waals surface area contributed by atoms with Gasteiger partial charge < -0.3 is 11.1 Å². The highest BCUT2D eigenvalue weighted by atomic mass is 16.1. The van der Waals surface area contributed by atoms with Crippen LogP contribution in [0.5, 0.6) is 0 Å². The van der Waals surface area contributed by atoms with Crippen LogP contribution in [0, 0.1) is 5.92 Å².